The molecule has 5 rings (SSSR count). The average Bonchev–Trinajstić information content (AvgIpc) is 2.80. The van der Waals surface area contributed by atoms with Gasteiger partial charge in [-0.15, -0.1) is 0 Å². The standard InChI is InChI=1S/C30H48O6/c1-16-9-10-30(25(35)36)12-11-28(5)18(22(30)17(16)2)7-8-21-26(3)13-20(33)24(34)27(4,15-31)23(26)19(32)14-29(21,28)6/h7,16-17,19-24,31-34H,8-15H2,1-6H3,(H,35,36)/t16-,17+,19-,20-,21-,22-,23-,24+,26-,27+,28-,29-,30+/m1/s1. The third kappa shape index (κ3) is 2.96. The van der Waals surface area contributed by atoms with E-state index in [9.17, 15) is 30.3 Å². The minimum Gasteiger partial charge on any atom is -0.481 e. The number of carboxylic acid groups (broad SMARTS) is 1. The molecule has 0 saturated heterocycles. The molecular formula is C30H48O6. The summed E-state index contributed by atoms with van der Waals surface area (Å²) in [6.45, 7) is 12.8. The Kier molecular flexibility index (Phi) is 5.95. The Labute approximate surface area is 216 Å². The molecule has 13 atom stereocenters. The van der Waals surface area contributed by atoms with Gasteiger partial charge in [-0.3, -0.25) is 4.79 Å². The first kappa shape index (κ1) is 26.6. The van der Waals surface area contributed by atoms with E-state index in [0.717, 1.165) is 25.7 Å². The molecule has 5 aliphatic carbocycles. The molecule has 4 saturated carbocycles. The van der Waals surface area contributed by atoms with Crippen LogP contribution in [0.15, 0.2) is 11.6 Å². The first-order chi connectivity index (χ1) is 16.6. The highest BCUT2D eigenvalue weighted by Gasteiger charge is 2.72. The molecule has 0 bridgehead atoms. The number of hydrogen-bond acceptors (Lipinski definition) is 5. The minimum absolute atomic E-state index is 0.000534. The first-order valence-electron chi connectivity index (χ1n) is 14.2. The number of aliphatic carboxylic acids is 1. The van der Waals surface area contributed by atoms with Crippen molar-refractivity contribution in [2.24, 2.45) is 56.7 Å². The normalized spacial score (nSPS) is 58.6. The molecule has 4 fully saturated rings. The molecule has 0 aliphatic heterocycles. The summed E-state index contributed by atoms with van der Waals surface area (Å²) < 4.78 is 0. The Morgan fingerprint density at radius 3 is 2.28 bits per heavy atom. The number of carbonyl (C=O) groups is 1. The van der Waals surface area contributed by atoms with Gasteiger partial charge in [-0.25, -0.2) is 0 Å². The Bertz CT molecular complexity index is 963. The molecule has 5 aliphatic rings. The van der Waals surface area contributed by atoms with Crippen LogP contribution in [0, 0.1) is 56.7 Å². The summed E-state index contributed by atoms with van der Waals surface area (Å²) in [6, 6.07) is 0. The zero-order valence-electron chi connectivity index (χ0n) is 23.0. The Morgan fingerprint density at radius 2 is 1.67 bits per heavy atom. The van der Waals surface area contributed by atoms with Gasteiger partial charge in [0.1, 0.15) is 0 Å². The summed E-state index contributed by atoms with van der Waals surface area (Å²) in [5, 5.41) is 54.7. The number of aliphatic hydroxyl groups excluding tert-OH is 4. The van der Waals surface area contributed by atoms with E-state index in [-0.39, 0.29) is 41.1 Å². The number of aliphatic hydroxyl groups is 4. The molecule has 0 spiro atoms. The van der Waals surface area contributed by atoms with Gasteiger partial charge in [-0.05, 0) is 84.9 Å². The number of hydrogen-bond donors (Lipinski definition) is 5. The average molecular weight is 505 g/mol. The zero-order valence-corrected chi connectivity index (χ0v) is 23.0. The van der Waals surface area contributed by atoms with Gasteiger partial charge in [0, 0.05) is 11.3 Å². The van der Waals surface area contributed by atoms with Crippen LogP contribution in [0.25, 0.3) is 0 Å². The highest BCUT2D eigenvalue weighted by Crippen LogP contribution is 2.75. The third-order valence-electron chi connectivity index (χ3n) is 13.4. The molecule has 6 heteroatoms. The number of allylic oxidation sites excluding steroid dienone is 2. The van der Waals surface area contributed by atoms with Gasteiger partial charge in [0.2, 0.25) is 0 Å². The SMILES string of the molecule is C[C@H]1[C@H](C)CC[C@]2(C(=O)O)CC[C@]3(C)C(=CC[C@@H]4[C@@]5(C)C[C@@H](O)[C@H](O)[C@@](C)(CO)[C@@H]5[C@H](O)C[C@]43C)[C@@H]12. The Morgan fingerprint density at radius 1 is 1.00 bits per heavy atom. The second kappa shape index (κ2) is 8.03. The smallest absolute Gasteiger partial charge is 0.310 e. The van der Waals surface area contributed by atoms with E-state index >= 15 is 0 Å². The Hall–Kier alpha value is -0.950. The van der Waals surface area contributed by atoms with E-state index in [0.29, 0.717) is 25.2 Å². The lowest BCUT2D eigenvalue weighted by Gasteiger charge is -2.72. The third-order valence-corrected chi connectivity index (χ3v) is 13.4. The van der Waals surface area contributed by atoms with E-state index in [1.54, 1.807) is 0 Å². The summed E-state index contributed by atoms with van der Waals surface area (Å²) in [7, 11) is 0. The molecule has 6 nitrogen and oxygen atoms in total. The molecule has 0 unspecified atom stereocenters. The van der Waals surface area contributed by atoms with Crippen LogP contribution < -0.4 is 0 Å². The molecule has 36 heavy (non-hydrogen) atoms. The van der Waals surface area contributed by atoms with Crippen LogP contribution in [0.4, 0.5) is 0 Å². The summed E-state index contributed by atoms with van der Waals surface area (Å²) >= 11 is 0. The topological polar surface area (TPSA) is 118 Å². The van der Waals surface area contributed by atoms with Gasteiger partial charge in [0.15, 0.2) is 0 Å². The van der Waals surface area contributed by atoms with Crippen molar-refractivity contribution in [1.29, 1.82) is 0 Å². The van der Waals surface area contributed by atoms with Crippen LogP contribution in [0.3, 0.4) is 0 Å². The van der Waals surface area contributed by atoms with Crippen LogP contribution in [0.5, 0.6) is 0 Å². The predicted octanol–water partition coefficient (Wildman–Crippen LogP) is 4.00. The summed E-state index contributed by atoms with van der Waals surface area (Å²) in [5.74, 6) is -0.0914. The fourth-order valence-corrected chi connectivity index (χ4v) is 11.2. The maximum atomic E-state index is 12.8. The molecule has 0 aromatic heterocycles. The van der Waals surface area contributed by atoms with Gasteiger partial charge < -0.3 is 25.5 Å². The van der Waals surface area contributed by atoms with Crippen molar-refractivity contribution in [2.75, 3.05) is 6.61 Å². The lowest BCUT2D eigenvalue weighted by molar-refractivity contribution is -0.273. The van der Waals surface area contributed by atoms with Crippen LogP contribution >= 0.6 is 0 Å². The number of carboxylic acids is 1. The van der Waals surface area contributed by atoms with Crippen molar-refractivity contribution in [3.63, 3.8) is 0 Å². The van der Waals surface area contributed by atoms with Crippen molar-refractivity contribution in [3.8, 4) is 0 Å². The molecule has 204 valence electrons. The quantitative estimate of drug-likeness (QED) is 0.363. The second-order valence-electron chi connectivity index (χ2n) is 14.6. The van der Waals surface area contributed by atoms with Gasteiger partial charge in [0.25, 0.3) is 0 Å². The largest absolute Gasteiger partial charge is 0.481 e. The van der Waals surface area contributed by atoms with E-state index in [2.05, 4.69) is 40.7 Å². The maximum Gasteiger partial charge on any atom is 0.310 e. The molecule has 5 N–H and O–H groups in total. The highest BCUT2D eigenvalue weighted by atomic mass is 16.4. The molecule has 0 aromatic carbocycles. The first-order valence-corrected chi connectivity index (χ1v) is 14.2. The predicted molar refractivity (Wildman–Crippen MR) is 137 cm³/mol. The minimum atomic E-state index is -1.08. The number of fused-ring (bicyclic) bond motifs is 7. The van der Waals surface area contributed by atoms with E-state index < -0.39 is 40.5 Å². The van der Waals surface area contributed by atoms with Gasteiger partial charge >= 0.3 is 5.97 Å². The highest BCUT2D eigenvalue weighted by molar-refractivity contribution is 5.76. The van der Waals surface area contributed by atoms with Crippen LogP contribution in [0.2, 0.25) is 0 Å². The van der Waals surface area contributed by atoms with Gasteiger partial charge in [-0.1, -0.05) is 53.2 Å². The second-order valence-corrected chi connectivity index (χ2v) is 14.6. The van der Waals surface area contributed by atoms with Crippen LogP contribution in [0.1, 0.15) is 86.5 Å². The molecule has 0 amide bonds. The van der Waals surface area contributed by atoms with Gasteiger partial charge in [-0.2, -0.15) is 0 Å². The molecule has 0 aromatic rings. The Balaban J connectivity index is 1.65. The monoisotopic (exact) mass is 504 g/mol. The van der Waals surface area contributed by atoms with Crippen molar-refractivity contribution in [1.82, 2.24) is 0 Å². The van der Waals surface area contributed by atoms with Crippen LogP contribution in [-0.4, -0.2) is 56.4 Å². The number of rotatable bonds is 2. The maximum absolute atomic E-state index is 12.8. The van der Waals surface area contributed by atoms with Crippen molar-refractivity contribution in [2.45, 2.75) is 105 Å². The lowest BCUT2D eigenvalue weighted by Crippen LogP contribution is -2.71. The summed E-state index contributed by atoms with van der Waals surface area (Å²) in [4.78, 5) is 12.8. The van der Waals surface area contributed by atoms with Crippen molar-refractivity contribution in [3.05, 3.63) is 11.6 Å². The van der Waals surface area contributed by atoms with Crippen molar-refractivity contribution >= 4 is 5.97 Å². The summed E-state index contributed by atoms with van der Waals surface area (Å²) in [6.07, 6.45) is 4.44. The molecule has 0 heterocycles. The fourth-order valence-electron chi connectivity index (χ4n) is 11.2. The molecular weight excluding hydrogens is 456 g/mol. The van der Waals surface area contributed by atoms with E-state index in [4.69, 9.17) is 0 Å². The van der Waals surface area contributed by atoms with Crippen molar-refractivity contribution < 1.29 is 30.3 Å². The summed E-state index contributed by atoms with van der Waals surface area (Å²) in [5.41, 5.74) is -1.41. The van der Waals surface area contributed by atoms with Gasteiger partial charge in [0.05, 0.1) is 30.3 Å². The van der Waals surface area contributed by atoms with Crippen LogP contribution in [-0.2, 0) is 4.79 Å². The molecule has 0 radical (unpaired) electrons. The van der Waals surface area contributed by atoms with E-state index in [1.165, 1.54) is 5.57 Å². The fraction of sp³-hybridized carbons (Fsp3) is 0.900. The van der Waals surface area contributed by atoms with E-state index in [1.807, 2.05) is 6.92 Å². The zero-order chi connectivity index (χ0) is 26.6. The lowest BCUT2D eigenvalue weighted by atomic mass is 9.32.